The summed E-state index contributed by atoms with van der Waals surface area (Å²) in [7, 11) is 0. The number of carbonyl (C=O) groups is 3. The molecule has 0 aromatic rings. The average Bonchev–Trinajstić information content (AvgIpc) is 3.44. The van der Waals surface area contributed by atoms with Gasteiger partial charge in [0, 0.05) is 19.3 Å². The van der Waals surface area contributed by atoms with Gasteiger partial charge in [0.2, 0.25) is 0 Å². The third kappa shape index (κ3) is 62.9. The van der Waals surface area contributed by atoms with Crippen LogP contribution in [0.4, 0.5) is 0 Å². The van der Waals surface area contributed by atoms with Gasteiger partial charge in [0.25, 0.3) is 0 Å². The largest absolute Gasteiger partial charge is 0.462 e. The molecule has 0 amide bonds. The van der Waals surface area contributed by atoms with Crippen molar-refractivity contribution in [1.82, 2.24) is 0 Å². The molecule has 78 heavy (non-hydrogen) atoms. The predicted molar refractivity (Wildman–Crippen MR) is 339 cm³/mol. The number of esters is 3. The number of ether oxygens (including phenoxy) is 3. The minimum Gasteiger partial charge on any atom is -0.462 e. The topological polar surface area (TPSA) is 78.9 Å². The number of rotatable bonds is 59. The molecule has 1 atom stereocenters. The van der Waals surface area contributed by atoms with E-state index >= 15 is 0 Å². The van der Waals surface area contributed by atoms with Crippen molar-refractivity contribution in [2.24, 2.45) is 0 Å². The summed E-state index contributed by atoms with van der Waals surface area (Å²) in [5.41, 5.74) is 0. The van der Waals surface area contributed by atoms with Gasteiger partial charge in [-0.2, -0.15) is 0 Å². The van der Waals surface area contributed by atoms with Crippen molar-refractivity contribution in [1.29, 1.82) is 0 Å². The highest BCUT2D eigenvalue weighted by molar-refractivity contribution is 5.71. The third-order valence-electron chi connectivity index (χ3n) is 14.0. The van der Waals surface area contributed by atoms with E-state index in [-0.39, 0.29) is 37.5 Å². The zero-order valence-electron chi connectivity index (χ0n) is 51.2. The summed E-state index contributed by atoms with van der Waals surface area (Å²) in [6, 6.07) is 0. The first-order chi connectivity index (χ1) is 38.5. The molecule has 0 aliphatic heterocycles. The Morgan fingerprint density at radius 3 is 0.821 bits per heavy atom. The fraction of sp³-hybridized carbons (Fsp3) is 0.708. The first-order valence-corrected chi connectivity index (χ1v) is 32.9. The monoisotopic (exact) mass is 1080 g/mol. The molecule has 0 aliphatic rings. The van der Waals surface area contributed by atoms with E-state index in [0.29, 0.717) is 19.3 Å². The lowest BCUT2D eigenvalue weighted by Crippen LogP contribution is -2.30. The average molecular weight is 1080 g/mol. The zero-order valence-corrected chi connectivity index (χ0v) is 51.2. The van der Waals surface area contributed by atoms with Crippen molar-refractivity contribution in [2.45, 2.75) is 316 Å². The van der Waals surface area contributed by atoms with Gasteiger partial charge in [-0.1, -0.05) is 304 Å². The van der Waals surface area contributed by atoms with Crippen LogP contribution in [0, 0.1) is 0 Å². The highest BCUT2D eigenvalue weighted by Gasteiger charge is 2.19. The smallest absolute Gasteiger partial charge is 0.306 e. The lowest BCUT2D eigenvalue weighted by atomic mass is 10.0. The van der Waals surface area contributed by atoms with Gasteiger partial charge < -0.3 is 14.2 Å². The molecule has 0 radical (unpaired) electrons. The van der Waals surface area contributed by atoms with Crippen LogP contribution in [0.3, 0.4) is 0 Å². The van der Waals surface area contributed by atoms with Crippen LogP contribution in [0.5, 0.6) is 0 Å². The highest BCUT2D eigenvalue weighted by Crippen LogP contribution is 2.17. The van der Waals surface area contributed by atoms with Crippen molar-refractivity contribution in [3.05, 3.63) is 109 Å². The van der Waals surface area contributed by atoms with Gasteiger partial charge in [-0.05, 0) is 96.3 Å². The number of unbranched alkanes of at least 4 members (excludes halogenated alkanes) is 30. The molecular weight excluding hydrogens is 961 g/mol. The van der Waals surface area contributed by atoms with E-state index in [9.17, 15) is 14.4 Å². The maximum Gasteiger partial charge on any atom is 0.306 e. The molecular formula is C72H122O6. The van der Waals surface area contributed by atoms with Gasteiger partial charge in [0.15, 0.2) is 6.10 Å². The lowest BCUT2D eigenvalue weighted by Gasteiger charge is -2.18. The second-order valence-electron chi connectivity index (χ2n) is 21.6. The molecule has 0 saturated heterocycles. The van der Waals surface area contributed by atoms with Gasteiger partial charge in [-0.15, -0.1) is 0 Å². The summed E-state index contributed by atoms with van der Waals surface area (Å²) in [6.45, 7) is 6.40. The predicted octanol–water partition coefficient (Wildman–Crippen LogP) is 22.6. The normalized spacial score (nSPS) is 12.8. The first-order valence-electron chi connectivity index (χ1n) is 32.9. The number of allylic oxidation sites excluding steroid dienone is 18. The Morgan fingerprint density at radius 1 is 0.269 bits per heavy atom. The molecule has 446 valence electrons. The fourth-order valence-electron chi connectivity index (χ4n) is 9.18. The molecule has 0 bridgehead atoms. The van der Waals surface area contributed by atoms with Gasteiger partial charge in [-0.25, -0.2) is 0 Å². The fourth-order valence-corrected chi connectivity index (χ4v) is 9.18. The van der Waals surface area contributed by atoms with Crippen molar-refractivity contribution < 1.29 is 28.6 Å². The van der Waals surface area contributed by atoms with Gasteiger partial charge >= 0.3 is 17.9 Å². The van der Waals surface area contributed by atoms with Gasteiger partial charge in [0.1, 0.15) is 13.2 Å². The third-order valence-corrected chi connectivity index (χ3v) is 14.0. The van der Waals surface area contributed by atoms with E-state index in [0.717, 1.165) is 103 Å². The van der Waals surface area contributed by atoms with E-state index < -0.39 is 6.10 Å². The summed E-state index contributed by atoms with van der Waals surface area (Å²) in [5, 5.41) is 0. The van der Waals surface area contributed by atoms with E-state index in [1.165, 1.54) is 161 Å². The Kier molecular flexibility index (Phi) is 62.3. The Balaban J connectivity index is 4.30. The minimum absolute atomic E-state index is 0.0974. The van der Waals surface area contributed by atoms with Crippen molar-refractivity contribution in [2.75, 3.05) is 13.2 Å². The molecule has 6 heteroatoms. The van der Waals surface area contributed by atoms with E-state index in [4.69, 9.17) is 14.2 Å². The molecule has 0 aromatic carbocycles. The maximum absolute atomic E-state index is 12.9. The summed E-state index contributed by atoms with van der Waals surface area (Å²) in [4.78, 5) is 38.3. The van der Waals surface area contributed by atoms with Gasteiger partial charge in [0.05, 0.1) is 0 Å². The van der Waals surface area contributed by atoms with Gasteiger partial charge in [-0.3, -0.25) is 14.4 Å². The second kappa shape index (κ2) is 65.6. The summed E-state index contributed by atoms with van der Waals surface area (Å²) in [6.07, 6.45) is 89.7. The molecule has 0 aromatic heterocycles. The maximum atomic E-state index is 12.9. The molecule has 0 saturated carbocycles. The molecule has 0 spiro atoms. The Bertz CT molecular complexity index is 1570. The molecule has 0 aliphatic carbocycles. The lowest BCUT2D eigenvalue weighted by molar-refractivity contribution is -0.167. The highest BCUT2D eigenvalue weighted by atomic mass is 16.6. The molecule has 1 unspecified atom stereocenters. The van der Waals surface area contributed by atoms with Crippen LogP contribution in [-0.2, 0) is 28.6 Å². The van der Waals surface area contributed by atoms with Crippen LogP contribution in [0.2, 0.25) is 0 Å². The number of carbonyl (C=O) groups excluding carboxylic acids is 3. The molecule has 0 fully saturated rings. The van der Waals surface area contributed by atoms with E-state index in [1.54, 1.807) is 0 Å². The van der Waals surface area contributed by atoms with Crippen LogP contribution in [0.25, 0.3) is 0 Å². The van der Waals surface area contributed by atoms with Crippen LogP contribution in [-0.4, -0.2) is 37.2 Å². The van der Waals surface area contributed by atoms with Crippen molar-refractivity contribution in [3.63, 3.8) is 0 Å². The summed E-state index contributed by atoms with van der Waals surface area (Å²) < 4.78 is 16.9. The van der Waals surface area contributed by atoms with Crippen LogP contribution < -0.4 is 0 Å². The quantitative estimate of drug-likeness (QED) is 0.0261. The van der Waals surface area contributed by atoms with E-state index in [2.05, 4.69) is 130 Å². The number of hydrogen-bond donors (Lipinski definition) is 0. The molecule has 0 heterocycles. The summed E-state index contributed by atoms with van der Waals surface area (Å²) >= 11 is 0. The zero-order chi connectivity index (χ0) is 56.4. The van der Waals surface area contributed by atoms with E-state index in [1.807, 2.05) is 0 Å². The minimum atomic E-state index is -0.807. The summed E-state index contributed by atoms with van der Waals surface area (Å²) in [5.74, 6) is -0.945. The van der Waals surface area contributed by atoms with Crippen molar-refractivity contribution >= 4 is 17.9 Å². The molecule has 6 nitrogen and oxygen atoms in total. The molecule has 0 rings (SSSR count). The first kappa shape index (κ1) is 74.1. The Hall–Kier alpha value is -3.93. The van der Waals surface area contributed by atoms with Crippen LogP contribution in [0.1, 0.15) is 310 Å². The SMILES string of the molecule is CC/C=C\C/C=C\C/C=C\C/C=C\C/C=C\CCCC(=O)OC(COC(=O)CCCCCCCCCCCCCCCC)COC(=O)CCCCCCCCCCCCCCCCCC/C=C\C/C=C\C/C=C\C/C=C\CC. The van der Waals surface area contributed by atoms with Crippen LogP contribution in [0.15, 0.2) is 109 Å². The Morgan fingerprint density at radius 2 is 0.513 bits per heavy atom. The molecule has 0 N–H and O–H groups in total. The second-order valence-corrected chi connectivity index (χ2v) is 21.6. The van der Waals surface area contributed by atoms with Crippen molar-refractivity contribution in [3.8, 4) is 0 Å². The van der Waals surface area contributed by atoms with Crippen LogP contribution >= 0.6 is 0 Å². The Labute approximate surface area is 482 Å². The standard InChI is InChI=1S/C72H122O6/c1-4-7-10-13-16-19-22-25-28-30-31-32-33-34-35-36-37-38-39-40-41-43-44-47-50-53-56-59-62-65-71(74)77-68-69(67-76-70(73)64-61-58-55-52-49-46-27-24-21-18-15-12-9-6-3)78-72(75)66-63-60-57-54-51-48-45-42-29-26-23-20-17-14-11-8-5-2/h7-8,10-11,16-17,19-20,25-26,28-29,31-32,45,48,54,57,69H,4-6,9,12-15,18,21-24,27,30,33-44,46-47,49-53,55-56,58-68H2,1-3H3/b10-7-,11-8-,19-16-,20-17-,28-25-,29-26-,32-31-,48-45-,57-54-. The number of hydrogen-bond acceptors (Lipinski definition) is 6.